The van der Waals surface area contributed by atoms with Crippen molar-refractivity contribution in [2.75, 3.05) is 19.3 Å². The first-order chi connectivity index (χ1) is 9.75. The van der Waals surface area contributed by atoms with E-state index < -0.39 is 0 Å². The normalized spacial score (nSPS) is 14.2. The van der Waals surface area contributed by atoms with Crippen molar-refractivity contribution < 1.29 is 0 Å². The van der Waals surface area contributed by atoms with E-state index >= 15 is 0 Å². The molecule has 106 valence electrons. The summed E-state index contributed by atoms with van der Waals surface area (Å²) < 4.78 is 0. The van der Waals surface area contributed by atoms with Gasteiger partial charge >= 0.3 is 0 Å². The molecule has 0 unspecified atom stereocenters. The highest BCUT2D eigenvalue weighted by Crippen LogP contribution is 2.33. The zero-order valence-electron chi connectivity index (χ0n) is 12.7. The van der Waals surface area contributed by atoms with Crippen LogP contribution < -0.4 is 5.73 Å². The van der Waals surface area contributed by atoms with E-state index in [1.165, 1.54) is 22.3 Å². The van der Waals surface area contributed by atoms with Crippen LogP contribution in [0.1, 0.15) is 25.0 Å². The number of benzene rings is 2. The van der Waals surface area contributed by atoms with Crippen LogP contribution >= 0.6 is 0 Å². The molecule has 1 heterocycles. The second-order valence-electron chi connectivity index (χ2n) is 5.01. The molecule has 0 saturated heterocycles. The third kappa shape index (κ3) is 2.86. The molecule has 0 bridgehead atoms. The SMILES string of the molecule is CC.CN1CCc2c(-c3ccccc3)ccc(N)c2C1. The van der Waals surface area contributed by atoms with Crippen molar-refractivity contribution in [3.8, 4) is 11.1 Å². The van der Waals surface area contributed by atoms with Crippen LogP contribution in [0.3, 0.4) is 0 Å². The van der Waals surface area contributed by atoms with Crippen LogP contribution in [-0.4, -0.2) is 18.5 Å². The zero-order chi connectivity index (χ0) is 14.5. The molecule has 0 fully saturated rings. The third-order valence-corrected chi connectivity index (χ3v) is 3.72. The lowest BCUT2D eigenvalue weighted by Crippen LogP contribution is -2.27. The molecule has 0 aliphatic carbocycles. The molecule has 2 N–H and O–H groups in total. The molecule has 1 aliphatic rings. The topological polar surface area (TPSA) is 29.3 Å². The van der Waals surface area contributed by atoms with Gasteiger partial charge in [-0.1, -0.05) is 50.2 Å². The minimum atomic E-state index is 0.927. The molecular formula is C18H24N2. The fourth-order valence-electron chi connectivity index (χ4n) is 2.72. The van der Waals surface area contributed by atoms with E-state index in [4.69, 9.17) is 5.73 Å². The predicted octanol–water partition coefficient (Wildman–Crippen LogP) is 3.95. The smallest absolute Gasteiger partial charge is 0.0362 e. The van der Waals surface area contributed by atoms with Crippen molar-refractivity contribution >= 4 is 5.69 Å². The van der Waals surface area contributed by atoms with Crippen molar-refractivity contribution in [2.45, 2.75) is 26.8 Å². The van der Waals surface area contributed by atoms with Crippen LogP contribution in [0.25, 0.3) is 11.1 Å². The van der Waals surface area contributed by atoms with Gasteiger partial charge in [0.25, 0.3) is 0 Å². The summed E-state index contributed by atoms with van der Waals surface area (Å²) in [6, 6.07) is 14.8. The lowest BCUT2D eigenvalue weighted by atomic mass is 9.90. The average Bonchev–Trinajstić information content (AvgIpc) is 2.51. The minimum absolute atomic E-state index is 0.927. The summed E-state index contributed by atoms with van der Waals surface area (Å²) in [6.07, 6.45) is 1.08. The maximum atomic E-state index is 6.12. The summed E-state index contributed by atoms with van der Waals surface area (Å²) >= 11 is 0. The van der Waals surface area contributed by atoms with Gasteiger partial charge in [0, 0.05) is 18.8 Å². The number of likely N-dealkylation sites (N-methyl/N-ethyl adjacent to an activating group) is 1. The van der Waals surface area contributed by atoms with E-state index in [9.17, 15) is 0 Å². The fraction of sp³-hybridized carbons (Fsp3) is 0.333. The summed E-state index contributed by atoms with van der Waals surface area (Å²) in [6.45, 7) is 6.07. The van der Waals surface area contributed by atoms with Crippen molar-refractivity contribution in [3.05, 3.63) is 53.6 Å². The van der Waals surface area contributed by atoms with Crippen molar-refractivity contribution in [3.63, 3.8) is 0 Å². The van der Waals surface area contributed by atoms with Gasteiger partial charge in [0.2, 0.25) is 0 Å². The van der Waals surface area contributed by atoms with Gasteiger partial charge in [-0.3, -0.25) is 0 Å². The van der Waals surface area contributed by atoms with Crippen LogP contribution in [0.5, 0.6) is 0 Å². The van der Waals surface area contributed by atoms with Gasteiger partial charge in [-0.15, -0.1) is 0 Å². The van der Waals surface area contributed by atoms with Crippen molar-refractivity contribution in [2.24, 2.45) is 0 Å². The molecule has 3 rings (SSSR count). The van der Waals surface area contributed by atoms with Gasteiger partial charge in [-0.05, 0) is 41.8 Å². The van der Waals surface area contributed by atoms with E-state index in [0.717, 1.165) is 25.2 Å². The van der Waals surface area contributed by atoms with Crippen molar-refractivity contribution in [1.82, 2.24) is 4.90 Å². The molecule has 0 saturated carbocycles. The molecule has 0 radical (unpaired) electrons. The Kier molecular flexibility index (Phi) is 4.80. The summed E-state index contributed by atoms with van der Waals surface area (Å²) in [7, 11) is 2.15. The Hall–Kier alpha value is -1.80. The van der Waals surface area contributed by atoms with Gasteiger partial charge in [0.05, 0.1) is 0 Å². The summed E-state index contributed by atoms with van der Waals surface area (Å²) in [5, 5.41) is 0. The Bertz CT molecular complexity index is 561. The number of hydrogen-bond donors (Lipinski definition) is 1. The monoisotopic (exact) mass is 268 g/mol. The number of nitrogens with zero attached hydrogens (tertiary/aromatic N) is 1. The highest BCUT2D eigenvalue weighted by molar-refractivity contribution is 5.73. The molecule has 1 aliphatic heterocycles. The van der Waals surface area contributed by atoms with Gasteiger partial charge in [0.15, 0.2) is 0 Å². The number of hydrogen-bond acceptors (Lipinski definition) is 2. The highest BCUT2D eigenvalue weighted by Gasteiger charge is 2.19. The largest absolute Gasteiger partial charge is 0.398 e. The lowest BCUT2D eigenvalue weighted by molar-refractivity contribution is 0.314. The van der Waals surface area contributed by atoms with Crippen LogP contribution in [0.2, 0.25) is 0 Å². The van der Waals surface area contributed by atoms with Crippen LogP contribution in [-0.2, 0) is 13.0 Å². The number of anilines is 1. The summed E-state index contributed by atoms with van der Waals surface area (Å²) in [5.74, 6) is 0. The van der Waals surface area contributed by atoms with Crippen LogP contribution in [0, 0.1) is 0 Å². The van der Waals surface area contributed by atoms with E-state index in [0.29, 0.717) is 0 Å². The average molecular weight is 268 g/mol. The van der Waals surface area contributed by atoms with E-state index in [1.54, 1.807) is 0 Å². The quantitative estimate of drug-likeness (QED) is 0.793. The fourth-order valence-corrected chi connectivity index (χ4v) is 2.72. The molecule has 2 nitrogen and oxygen atoms in total. The molecule has 2 aromatic rings. The standard InChI is InChI=1S/C16H18N2.C2H6/c1-18-10-9-14-13(12-5-3-2-4-6-12)7-8-16(17)15(14)11-18;1-2/h2-8H,9-11,17H2,1H3;1-2H3. The third-order valence-electron chi connectivity index (χ3n) is 3.72. The Labute approximate surface area is 122 Å². The van der Waals surface area contributed by atoms with Gasteiger partial charge in [-0.2, -0.15) is 0 Å². The number of nitrogens with two attached hydrogens (primary N) is 1. The first-order valence-corrected chi connectivity index (χ1v) is 7.40. The number of rotatable bonds is 1. The maximum absolute atomic E-state index is 6.12. The molecule has 20 heavy (non-hydrogen) atoms. The summed E-state index contributed by atoms with van der Waals surface area (Å²) in [5.41, 5.74) is 12.4. The Morgan fingerprint density at radius 2 is 1.65 bits per heavy atom. The molecule has 2 heteroatoms. The first-order valence-electron chi connectivity index (χ1n) is 7.40. The van der Waals surface area contributed by atoms with Crippen LogP contribution in [0.15, 0.2) is 42.5 Å². The van der Waals surface area contributed by atoms with E-state index in [-0.39, 0.29) is 0 Å². The first kappa shape index (κ1) is 14.6. The predicted molar refractivity (Wildman–Crippen MR) is 87.7 cm³/mol. The summed E-state index contributed by atoms with van der Waals surface area (Å²) in [4.78, 5) is 2.33. The van der Waals surface area contributed by atoms with Crippen LogP contribution in [0.4, 0.5) is 5.69 Å². The number of nitrogen functional groups attached to an aromatic ring is 1. The van der Waals surface area contributed by atoms with Gasteiger partial charge in [-0.25, -0.2) is 0 Å². The molecule has 2 aromatic carbocycles. The lowest BCUT2D eigenvalue weighted by Gasteiger charge is -2.28. The van der Waals surface area contributed by atoms with E-state index in [1.807, 2.05) is 19.9 Å². The molecule has 0 amide bonds. The van der Waals surface area contributed by atoms with E-state index in [2.05, 4.69) is 48.3 Å². The van der Waals surface area contributed by atoms with Crippen molar-refractivity contribution in [1.29, 1.82) is 0 Å². The Balaban J connectivity index is 0.000000704. The Morgan fingerprint density at radius 3 is 2.35 bits per heavy atom. The highest BCUT2D eigenvalue weighted by atomic mass is 15.1. The maximum Gasteiger partial charge on any atom is 0.0362 e. The number of fused-ring (bicyclic) bond motifs is 1. The minimum Gasteiger partial charge on any atom is -0.398 e. The zero-order valence-corrected chi connectivity index (χ0v) is 12.7. The van der Waals surface area contributed by atoms with Gasteiger partial charge < -0.3 is 10.6 Å². The Morgan fingerprint density at radius 1 is 0.950 bits per heavy atom. The molecule has 0 atom stereocenters. The van der Waals surface area contributed by atoms with Gasteiger partial charge in [0.1, 0.15) is 0 Å². The second kappa shape index (κ2) is 6.58. The molecular weight excluding hydrogens is 244 g/mol. The molecule has 0 aromatic heterocycles. The molecule has 0 spiro atoms. The second-order valence-corrected chi connectivity index (χ2v) is 5.01.